The molecular weight excluding hydrogens is 312 g/mol. The van der Waals surface area contributed by atoms with E-state index in [0.29, 0.717) is 16.7 Å². The third kappa shape index (κ3) is 3.52. The van der Waals surface area contributed by atoms with E-state index in [-0.39, 0.29) is 0 Å². The Morgan fingerprint density at radius 2 is 1.87 bits per heavy atom. The standard InChI is InChI=1S/C16H16N4O2S/c1-22-15-10-6-5-9-13(15)20-16(17-18-19-20)23-11-14(21)12-7-3-2-4-8-12/h2-10,14,21H,11H2,1H3. The van der Waals surface area contributed by atoms with Crippen molar-refractivity contribution >= 4 is 11.8 Å². The van der Waals surface area contributed by atoms with E-state index in [1.165, 1.54) is 11.8 Å². The third-order valence-electron chi connectivity index (χ3n) is 3.31. The number of tetrazole rings is 1. The topological polar surface area (TPSA) is 73.1 Å². The summed E-state index contributed by atoms with van der Waals surface area (Å²) in [5.74, 6) is 1.14. The highest BCUT2D eigenvalue weighted by atomic mass is 32.2. The number of thioether (sulfide) groups is 1. The molecule has 1 N–H and O–H groups in total. The summed E-state index contributed by atoms with van der Waals surface area (Å²) in [7, 11) is 1.61. The van der Waals surface area contributed by atoms with Crippen LogP contribution in [-0.4, -0.2) is 38.2 Å². The van der Waals surface area contributed by atoms with Crippen LogP contribution in [0.3, 0.4) is 0 Å². The summed E-state index contributed by atoms with van der Waals surface area (Å²) in [6, 6.07) is 17.0. The number of aliphatic hydroxyl groups excluding tert-OH is 1. The minimum Gasteiger partial charge on any atom is -0.494 e. The van der Waals surface area contributed by atoms with Crippen LogP contribution in [0.2, 0.25) is 0 Å². The first-order valence-corrected chi connectivity index (χ1v) is 8.05. The lowest BCUT2D eigenvalue weighted by Crippen LogP contribution is -2.04. The SMILES string of the molecule is COc1ccccc1-n1nnnc1SCC(O)c1ccccc1. The molecule has 0 saturated carbocycles. The van der Waals surface area contributed by atoms with Gasteiger partial charge in [0.25, 0.3) is 0 Å². The number of methoxy groups -OCH3 is 1. The first-order chi connectivity index (χ1) is 11.3. The highest BCUT2D eigenvalue weighted by molar-refractivity contribution is 7.99. The van der Waals surface area contributed by atoms with E-state index in [9.17, 15) is 5.11 Å². The van der Waals surface area contributed by atoms with E-state index in [4.69, 9.17) is 4.74 Å². The number of nitrogens with zero attached hydrogens (tertiary/aromatic N) is 4. The molecule has 1 atom stereocenters. The van der Waals surface area contributed by atoms with E-state index in [1.807, 2.05) is 54.6 Å². The summed E-state index contributed by atoms with van der Waals surface area (Å²) >= 11 is 1.39. The molecular formula is C16H16N4O2S. The fraction of sp³-hybridized carbons (Fsp3) is 0.188. The highest BCUT2D eigenvalue weighted by Crippen LogP contribution is 2.27. The largest absolute Gasteiger partial charge is 0.494 e. The van der Waals surface area contributed by atoms with Crippen LogP contribution in [-0.2, 0) is 0 Å². The Hall–Kier alpha value is -2.38. The van der Waals surface area contributed by atoms with Crippen LogP contribution in [0.15, 0.2) is 59.8 Å². The Morgan fingerprint density at radius 3 is 2.65 bits per heavy atom. The molecule has 0 spiro atoms. The average Bonchev–Trinajstić information content (AvgIpc) is 3.08. The molecule has 0 radical (unpaired) electrons. The van der Waals surface area contributed by atoms with Gasteiger partial charge in [-0.2, -0.15) is 4.68 Å². The van der Waals surface area contributed by atoms with Gasteiger partial charge in [-0.25, -0.2) is 0 Å². The Morgan fingerprint density at radius 1 is 1.13 bits per heavy atom. The number of hydrogen-bond acceptors (Lipinski definition) is 6. The van der Waals surface area contributed by atoms with Gasteiger partial charge >= 0.3 is 0 Å². The van der Waals surface area contributed by atoms with Crippen molar-refractivity contribution in [1.82, 2.24) is 20.2 Å². The molecule has 0 aliphatic heterocycles. The summed E-state index contributed by atoms with van der Waals surface area (Å²) in [6.07, 6.45) is -0.580. The molecule has 2 aromatic carbocycles. The number of para-hydroxylation sites is 2. The highest BCUT2D eigenvalue weighted by Gasteiger charge is 2.15. The average molecular weight is 328 g/mol. The van der Waals surface area contributed by atoms with Crippen molar-refractivity contribution in [1.29, 1.82) is 0 Å². The quantitative estimate of drug-likeness (QED) is 0.701. The number of aliphatic hydroxyl groups is 1. The lowest BCUT2D eigenvalue weighted by Gasteiger charge is -2.11. The van der Waals surface area contributed by atoms with E-state index in [2.05, 4.69) is 15.5 Å². The summed E-state index contributed by atoms with van der Waals surface area (Å²) in [5.41, 5.74) is 1.63. The van der Waals surface area contributed by atoms with Gasteiger partial charge in [-0.05, 0) is 28.1 Å². The summed E-state index contributed by atoms with van der Waals surface area (Å²) in [6.45, 7) is 0. The van der Waals surface area contributed by atoms with E-state index < -0.39 is 6.10 Å². The van der Waals surface area contributed by atoms with Gasteiger partial charge in [0, 0.05) is 5.75 Å². The molecule has 0 fully saturated rings. The van der Waals surface area contributed by atoms with Gasteiger partial charge in [0.05, 0.1) is 13.2 Å². The van der Waals surface area contributed by atoms with E-state index >= 15 is 0 Å². The van der Waals surface area contributed by atoms with Crippen LogP contribution in [0, 0.1) is 0 Å². The van der Waals surface area contributed by atoms with Crippen LogP contribution >= 0.6 is 11.8 Å². The van der Waals surface area contributed by atoms with E-state index in [1.54, 1.807) is 11.8 Å². The predicted molar refractivity (Wildman–Crippen MR) is 87.8 cm³/mol. The molecule has 1 heterocycles. The molecule has 118 valence electrons. The maximum Gasteiger partial charge on any atom is 0.214 e. The maximum atomic E-state index is 10.3. The zero-order chi connectivity index (χ0) is 16.1. The summed E-state index contributed by atoms with van der Waals surface area (Å²) in [4.78, 5) is 0. The molecule has 3 rings (SSSR count). The molecule has 0 bridgehead atoms. The van der Waals surface area contributed by atoms with Crippen LogP contribution in [0.25, 0.3) is 5.69 Å². The van der Waals surface area contributed by atoms with Crippen LogP contribution in [0.4, 0.5) is 0 Å². The molecule has 6 nitrogen and oxygen atoms in total. The number of aromatic nitrogens is 4. The Labute approximate surface area is 138 Å². The number of ether oxygens (including phenoxy) is 1. The van der Waals surface area contributed by atoms with Gasteiger partial charge in [-0.15, -0.1) is 5.10 Å². The monoisotopic (exact) mass is 328 g/mol. The lowest BCUT2D eigenvalue weighted by atomic mass is 10.1. The van der Waals surface area contributed by atoms with Crippen molar-refractivity contribution in [3.63, 3.8) is 0 Å². The Balaban J connectivity index is 1.77. The van der Waals surface area contributed by atoms with Gasteiger partial charge in [0.2, 0.25) is 5.16 Å². The van der Waals surface area contributed by atoms with Gasteiger partial charge in [0.1, 0.15) is 11.4 Å². The predicted octanol–water partition coefficient (Wildman–Crippen LogP) is 2.50. The van der Waals surface area contributed by atoms with Crippen molar-refractivity contribution in [2.24, 2.45) is 0 Å². The van der Waals surface area contributed by atoms with E-state index in [0.717, 1.165) is 11.3 Å². The fourth-order valence-corrected chi connectivity index (χ4v) is 3.00. The smallest absolute Gasteiger partial charge is 0.214 e. The van der Waals surface area contributed by atoms with Crippen molar-refractivity contribution in [3.05, 3.63) is 60.2 Å². The Kier molecular flexibility index (Phi) is 4.89. The number of rotatable bonds is 6. The first kappa shape index (κ1) is 15.5. The van der Waals surface area contributed by atoms with Crippen molar-refractivity contribution in [2.75, 3.05) is 12.9 Å². The van der Waals surface area contributed by atoms with Crippen molar-refractivity contribution in [2.45, 2.75) is 11.3 Å². The van der Waals surface area contributed by atoms with Gasteiger partial charge in [0.15, 0.2) is 0 Å². The molecule has 1 unspecified atom stereocenters. The van der Waals surface area contributed by atoms with Crippen LogP contribution in [0.5, 0.6) is 5.75 Å². The molecule has 1 aromatic heterocycles. The molecule has 3 aromatic rings. The lowest BCUT2D eigenvalue weighted by molar-refractivity contribution is 0.204. The second-order valence-electron chi connectivity index (χ2n) is 4.78. The minimum atomic E-state index is -0.580. The molecule has 0 amide bonds. The van der Waals surface area contributed by atoms with Gasteiger partial charge < -0.3 is 9.84 Å². The second-order valence-corrected chi connectivity index (χ2v) is 5.77. The molecule has 23 heavy (non-hydrogen) atoms. The molecule has 0 aliphatic carbocycles. The van der Waals surface area contributed by atoms with Crippen LogP contribution in [0.1, 0.15) is 11.7 Å². The number of benzene rings is 2. The maximum absolute atomic E-state index is 10.3. The van der Waals surface area contributed by atoms with Crippen molar-refractivity contribution in [3.8, 4) is 11.4 Å². The normalized spacial score (nSPS) is 12.1. The molecule has 7 heteroatoms. The van der Waals surface area contributed by atoms with Crippen LogP contribution < -0.4 is 4.74 Å². The second kappa shape index (κ2) is 7.26. The zero-order valence-electron chi connectivity index (χ0n) is 12.5. The van der Waals surface area contributed by atoms with Gasteiger partial charge in [-0.3, -0.25) is 0 Å². The van der Waals surface area contributed by atoms with Crippen molar-refractivity contribution < 1.29 is 9.84 Å². The summed E-state index contributed by atoms with van der Waals surface area (Å²) < 4.78 is 6.96. The number of hydrogen-bond donors (Lipinski definition) is 1. The summed E-state index contributed by atoms with van der Waals surface area (Å²) in [5, 5.41) is 22.6. The first-order valence-electron chi connectivity index (χ1n) is 7.07. The third-order valence-corrected chi connectivity index (χ3v) is 4.30. The zero-order valence-corrected chi connectivity index (χ0v) is 13.3. The minimum absolute atomic E-state index is 0.458. The Bertz CT molecular complexity index is 764. The molecule has 0 aliphatic rings. The fourth-order valence-electron chi connectivity index (χ4n) is 2.15. The molecule has 0 saturated heterocycles. The van der Waals surface area contributed by atoms with Gasteiger partial charge in [-0.1, -0.05) is 54.2 Å².